The predicted octanol–water partition coefficient (Wildman–Crippen LogP) is 5.76. The molecule has 0 spiro atoms. The van der Waals surface area contributed by atoms with Crippen molar-refractivity contribution in [2.75, 3.05) is 32.1 Å². The number of aryl methyl sites for hydroxylation is 1. The highest BCUT2D eigenvalue weighted by Gasteiger charge is 2.23. The lowest BCUT2D eigenvalue weighted by Crippen LogP contribution is -2.33. The third kappa shape index (κ3) is 4.84. The van der Waals surface area contributed by atoms with Gasteiger partial charge in [-0.1, -0.05) is 47.5 Å². The average Bonchev–Trinajstić information content (AvgIpc) is 3.07. The second kappa shape index (κ2) is 9.23. The van der Waals surface area contributed by atoms with Crippen LogP contribution in [0, 0.1) is 0 Å². The van der Waals surface area contributed by atoms with Crippen LogP contribution in [0.15, 0.2) is 36.4 Å². The van der Waals surface area contributed by atoms with E-state index in [0.29, 0.717) is 27.3 Å². The molecule has 7 heteroatoms. The van der Waals surface area contributed by atoms with E-state index >= 15 is 0 Å². The van der Waals surface area contributed by atoms with Crippen LogP contribution in [0.2, 0.25) is 10.0 Å². The largest absolute Gasteiger partial charge is 0.309 e. The molecule has 148 valence electrons. The van der Waals surface area contributed by atoms with Gasteiger partial charge in [-0.2, -0.15) is 0 Å². The minimum absolute atomic E-state index is 0.157. The zero-order valence-corrected chi connectivity index (χ0v) is 18.5. The first-order chi connectivity index (χ1) is 13.4. The zero-order valence-electron chi connectivity index (χ0n) is 16.2. The number of nitrogens with zero attached hydrogens (tertiary/aromatic N) is 3. The monoisotopic (exact) mass is 435 g/mol. The van der Waals surface area contributed by atoms with Crippen molar-refractivity contribution in [1.29, 1.82) is 0 Å². The summed E-state index contributed by atoms with van der Waals surface area (Å²) in [5, 5.41) is 1.55. The molecular weight excluding hydrogens is 413 g/mol. The number of amides is 1. The van der Waals surface area contributed by atoms with E-state index in [1.165, 1.54) is 16.9 Å². The second-order valence-electron chi connectivity index (χ2n) is 6.89. The van der Waals surface area contributed by atoms with Gasteiger partial charge in [-0.15, -0.1) is 0 Å². The molecular formula is C21H23Cl2N3OS. The molecule has 1 aromatic heterocycles. The standard InChI is InChI=1S/C21H23Cl2N3OS/c1-4-14-6-9-18-19(12-14)28-21(24-18)26(11-5-10-25(2)3)20(27)16-8-7-15(22)13-17(16)23/h6-9,12-13H,4-5,10-11H2,1-3H3. The Labute approximate surface area is 179 Å². The van der Waals surface area contributed by atoms with Gasteiger partial charge in [0.25, 0.3) is 5.91 Å². The first kappa shape index (κ1) is 21.1. The van der Waals surface area contributed by atoms with E-state index in [2.05, 4.69) is 24.0 Å². The molecule has 0 unspecified atom stereocenters. The molecule has 0 N–H and O–H groups in total. The van der Waals surface area contributed by atoms with Crippen LogP contribution in [0.4, 0.5) is 5.13 Å². The second-order valence-corrected chi connectivity index (χ2v) is 8.74. The van der Waals surface area contributed by atoms with Crippen molar-refractivity contribution in [3.63, 3.8) is 0 Å². The molecule has 28 heavy (non-hydrogen) atoms. The van der Waals surface area contributed by atoms with E-state index in [4.69, 9.17) is 28.2 Å². The zero-order chi connectivity index (χ0) is 20.3. The smallest absolute Gasteiger partial charge is 0.261 e. The van der Waals surface area contributed by atoms with Crippen molar-refractivity contribution in [1.82, 2.24) is 9.88 Å². The number of thiazole rings is 1. The summed E-state index contributed by atoms with van der Waals surface area (Å²) in [6, 6.07) is 11.2. The van der Waals surface area contributed by atoms with Crippen molar-refractivity contribution >= 4 is 55.8 Å². The van der Waals surface area contributed by atoms with Gasteiger partial charge in [0.15, 0.2) is 5.13 Å². The molecule has 0 bridgehead atoms. The van der Waals surface area contributed by atoms with Crippen LogP contribution in [-0.4, -0.2) is 43.0 Å². The summed E-state index contributed by atoms with van der Waals surface area (Å²) in [5.74, 6) is -0.157. The molecule has 0 fully saturated rings. The van der Waals surface area contributed by atoms with Crippen molar-refractivity contribution in [2.24, 2.45) is 0 Å². The Kier molecular flexibility index (Phi) is 6.94. The summed E-state index contributed by atoms with van der Waals surface area (Å²) < 4.78 is 1.09. The summed E-state index contributed by atoms with van der Waals surface area (Å²) in [6.45, 7) is 3.57. The molecule has 0 atom stereocenters. The van der Waals surface area contributed by atoms with Gasteiger partial charge in [0.05, 0.1) is 20.8 Å². The lowest BCUT2D eigenvalue weighted by molar-refractivity contribution is 0.0986. The van der Waals surface area contributed by atoms with E-state index in [0.717, 1.165) is 29.6 Å². The molecule has 0 aliphatic carbocycles. The fourth-order valence-corrected chi connectivity index (χ4v) is 4.47. The maximum absolute atomic E-state index is 13.3. The van der Waals surface area contributed by atoms with Gasteiger partial charge in [0.2, 0.25) is 0 Å². The van der Waals surface area contributed by atoms with E-state index in [-0.39, 0.29) is 5.91 Å². The third-order valence-electron chi connectivity index (χ3n) is 4.47. The molecule has 1 amide bonds. The summed E-state index contributed by atoms with van der Waals surface area (Å²) in [4.78, 5) is 21.9. The van der Waals surface area contributed by atoms with Gasteiger partial charge >= 0.3 is 0 Å². The molecule has 0 aliphatic heterocycles. The first-order valence-corrected chi connectivity index (χ1v) is 10.8. The van der Waals surface area contributed by atoms with Gasteiger partial charge in [-0.25, -0.2) is 4.98 Å². The Morgan fingerprint density at radius 3 is 2.57 bits per heavy atom. The summed E-state index contributed by atoms with van der Waals surface area (Å²) in [6.07, 6.45) is 1.80. The number of benzene rings is 2. The van der Waals surface area contributed by atoms with E-state index in [1.54, 1.807) is 23.1 Å². The molecule has 0 aliphatic rings. The van der Waals surface area contributed by atoms with Crippen LogP contribution in [0.3, 0.4) is 0 Å². The minimum Gasteiger partial charge on any atom is -0.309 e. The number of carbonyl (C=O) groups excluding carboxylic acids is 1. The average molecular weight is 436 g/mol. The van der Waals surface area contributed by atoms with Crippen LogP contribution < -0.4 is 4.90 Å². The first-order valence-electron chi connectivity index (χ1n) is 9.20. The van der Waals surface area contributed by atoms with Crippen LogP contribution >= 0.6 is 34.5 Å². The molecule has 0 radical (unpaired) electrons. The molecule has 3 rings (SSSR count). The highest BCUT2D eigenvalue weighted by atomic mass is 35.5. The Bertz CT molecular complexity index is 987. The summed E-state index contributed by atoms with van der Waals surface area (Å²) >= 11 is 13.8. The van der Waals surface area contributed by atoms with Crippen molar-refractivity contribution in [2.45, 2.75) is 19.8 Å². The van der Waals surface area contributed by atoms with Gasteiger partial charge in [-0.3, -0.25) is 9.69 Å². The van der Waals surface area contributed by atoms with Gasteiger partial charge in [-0.05, 0) is 69.4 Å². The van der Waals surface area contributed by atoms with Gasteiger partial charge in [0, 0.05) is 11.6 Å². The summed E-state index contributed by atoms with van der Waals surface area (Å²) in [5.41, 5.74) is 2.60. The quantitative estimate of drug-likeness (QED) is 0.472. The molecule has 0 saturated carbocycles. The maximum Gasteiger partial charge on any atom is 0.261 e. The summed E-state index contributed by atoms with van der Waals surface area (Å²) in [7, 11) is 4.04. The number of halogens is 2. The number of carbonyl (C=O) groups is 1. The predicted molar refractivity (Wildman–Crippen MR) is 120 cm³/mol. The van der Waals surface area contributed by atoms with Crippen molar-refractivity contribution in [3.05, 3.63) is 57.6 Å². The normalized spacial score (nSPS) is 11.4. The van der Waals surface area contributed by atoms with E-state index < -0.39 is 0 Å². The number of aromatic nitrogens is 1. The van der Waals surface area contributed by atoms with Crippen molar-refractivity contribution in [3.8, 4) is 0 Å². The third-order valence-corrected chi connectivity index (χ3v) is 6.06. The Morgan fingerprint density at radius 1 is 1.11 bits per heavy atom. The molecule has 0 saturated heterocycles. The Balaban J connectivity index is 1.97. The number of rotatable bonds is 7. The highest BCUT2D eigenvalue weighted by Crippen LogP contribution is 2.32. The molecule has 1 heterocycles. The van der Waals surface area contributed by atoms with Crippen LogP contribution in [0.1, 0.15) is 29.3 Å². The minimum atomic E-state index is -0.157. The van der Waals surface area contributed by atoms with Crippen LogP contribution in [-0.2, 0) is 6.42 Å². The molecule has 3 aromatic rings. The van der Waals surface area contributed by atoms with Crippen LogP contribution in [0.5, 0.6) is 0 Å². The van der Waals surface area contributed by atoms with Gasteiger partial charge in [0.1, 0.15) is 0 Å². The maximum atomic E-state index is 13.3. The lowest BCUT2D eigenvalue weighted by atomic mass is 10.2. The van der Waals surface area contributed by atoms with E-state index in [1.807, 2.05) is 20.2 Å². The van der Waals surface area contributed by atoms with Crippen molar-refractivity contribution < 1.29 is 4.79 Å². The molecule has 2 aromatic carbocycles. The van der Waals surface area contributed by atoms with Gasteiger partial charge < -0.3 is 4.90 Å². The Hall–Kier alpha value is -1.66. The SMILES string of the molecule is CCc1ccc2nc(N(CCCN(C)C)C(=O)c3ccc(Cl)cc3Cl)sc2c1. The number of hydrogen-bond donors (Lipinski definition) is 0. The number of anilines is 1. The fraction of sp³-hybridized carbons (Fsp3) is 0.333. The Morgan fingerprint density at radius 2 is 1.89 bits per heavy atom. The topological polar surface area (TPSA) is 36.4 Å². The van der Waals surface area contributed by atoms with E-state index in [9.17, 15) is 4.79 Å². The number of hydrogen-bond acceptors (Lipinski definition) is 4. The fourth-order valence-electron chi connectivity index (χ4n) is 2.93. The highest BCUT2D eigenvalue weighted by molar-refractivity contribution is 7.22. The van der Waals surface area contributed by atoms with Crippen LogP contribution in [0.25, 0.3) is 10.2 Å². The number of fused-ring (bicyclic) bond motifs is 1. The lowest BCUT2D eigenvalue weighted by Gasteiger charge is -2.21. The molecule has 4 nitrogen and oxygen atoms in total.